The number of hydrogen-bond acceptors (Lipinski definition) is 3. The van der Waals surface area contributed by atoms with Gasteiger partial charge in [-0.2, -0.15) is 0 Å². The van der Waals surface area contributed by atoms with E-state index >= 15 is 0 Å². The van der Waals surface area contributed by atoms with Crippen LogP contribution in [0.15, 0.2) is 41.8 Å². The van der Waals surface area contributed by atoms with E-state index in [2.05, 4.69) is 30.5 Å². The van der Waals surface area contributed by atoms with Gasteiger partial charge in [0.05, 0.1) is 0 Å². The van der Waals surface area contributed by atoms with Crippen molar-refractivity contribution in [1.29, 1.82) is 0 Å². The molecule has 17 heavy (non-hydrogen) atoms. The van der Waals surface area contributed by atoms with Crippen molar-refractivity contribution in [3.8, 4) is 5.75 Å². The molecule has 0 radical (unpaired) electrons. The van der Waals surface area contributed by atoms with Crippen molar-refractivity contribution in [1.82, 2.24) is 0 Å². The van der Waals surface area contributed by atoms with E-state index in [-0.39, 0.29) is 6.10 Å². The average molecular weight is 247 g/mol. The molecule has 0 amide bonds. The summed E-state index contributed by atoms with van der Waals surface area (Å²) >= 11 is 1.72. The molecule has 1 aromatic heterocycles. The summed E-state index contributed by atoms with van der Waals surface area (Å²) in [5.74, 6) is 0.909. The second-order valence-electron chi connectivity index (χ2n) is 3.96. The quantitative estimate of drug-likeness (QED) is 0.879. The van der Waals surface area contributed by atoms with Crippen molar-refractivity contribution in [2.24, 2.45) is 5.73 Å². The summed E-state index contributed by atoms with van der Waals surface area (Å²) in [6, 6.07) is 12.3. The van der Waals surface area contributed by atoms with Gasteiger partial charge in [0, 0.05) is 4.88 Å². The Morgan fingerprint density at radius 2 is 2.00 bits per heavy atom. The molecule has 0 fully saturated rings. The van der Waals surface area contributed by atoms with E-state index in [0.717, 1.165) is 12.2 Å². The van der Waals surface area contributed by atoms with Crippen LogP contribution in [0.3, 0.4) is 0 Å². The summed E-state index contributed by atoms with van der Waals surface area (Å²) in [6.45, 7) is 2.76. The Balaban J connectivity index is 1.99. The molecule has 1 heterocycles. The number of thiophene rings is 1. The summed E-state index contributed by atoms with van der Waals surface area (Å²) < 4.78 is 5.87. The average Bonchev–Trinajstić information content (AvgIpc) is 2.86. The van der Waals surface area contributed by atoms with E-state index in [1.807, 2.05) is 18.2 Å². The van der Waals surface area contributed by atoms with Crippen molar-refractivity contribution >= 4 is 11.3 Å². The maximum atomic E-state index is 5.87. The zero-order valence-corrected chi connectivity index (χ0v) is 10.7. The fourth-order valence-electron chi connectivity index (χ4n) is 1.69. The van der Waals surface area contributed by atoms with Crippen LogP contribution in [0.4, 0.5) is 0 Å². The van der Waals surface area contributed by atoms with Crippen LogP contribution < -0.4 is 10.5 Å². The van der Waals surface area contributed by atoms with E-state index in [4.69, 9.17) is 10.5 Å². The fourth-order valence-corrected chi connectivity index (χ4v) is 2.40. The van der Waals surface area contributed by atoms with Gasteiger partial charge < -0.3 is 10.5 Å². The Morgan fingerprint density at radius 3 is 2.59 bits per heavy atom. The predicted molar refractivity (Wildman–Crippen MR) is 72.6 cm³/mol. The number of hydrogen-bond donors (Lipinski definition) is 1. The van der Waals surface area contributed by atoms with E-state index in [9.17, 15) is 0 Å². The fraction of sp³-hybridized carbons (Fsp3) is 0.286. The van der Waals surface area contributed by atoms with Crippen LogP contribution in [0.2, 0.25) is 0 Å². The Kier molecular flexibility index (Phi) is 4.18. The van der Waals surface area contributed by atoms with Crippen LogP contribution >= 0.6 is 11.3 Å². The molecule has 3 heteroatoms. The molecule has 0 saturated heterocycles. The van der Waals surface area contributed by atoms with Gasteiger partial charge in [0.15, 0.2) is 0 Å². The third-order valence-corrected chi connectivity index (χ3v) is 3.65. The lowest BCUT2D eigenvalue weighted by Gasteiger charge is -2.13. The molecular weight excluding hydrogens is 230 g/mol. The van der Waals surface area contributed by atoms with E-state index in [1.165, 1.54) is 10.4 Å². The Bertz CT molecular complexity index is 436. The van der Waals surface area contributed by atoms with Crippen LogP contribution in [-0.2, 0) is 6.42 Å². The van der Waals surface area contributed by atoms with Gasteiger partial charge in [-0.05, 0) is 49.0 Å². The van der Waals surface area contributed by atoms with Crippen LogP contribution in [0.5, 0.6) is 5.75 Å². The number of ether oxygens (including phenoxy) is 1. The summed E-state index contributed by atoms with van der Waals surface area (Å²) in [6.07, 6.45) is 1.02. The van der Waals surface area contributed by atoms with Gasteiger partial charge in [-0.15, -0.1) is 11.3 Å². The third kappa shape index (κ3) is 3.32. The van der Waals surface area contributed by atoms with E-state index < -0.39 is 0 Å². The lowest BCUT2D eigenvalue weighted by atomic mass is 10.1. The molecule has 2 rings (SSSR count). The number of rotatable bonds is 5. The second kappa shape index (κ2) is 5.84. The van der Waals surface area contributed by atoms with Crippen LogP contribution in [-0.4, -0.2) is 6.54 Å². The molecule has 1 aromatic carbocycles. The number of nitrogens with two attached hydrogens (primary N) is 1. The standard InChI is InChI=1S/C14H17NOS/c1-11(14-3-2-10-17-14)16-13-6-4-12(5-7-13)8-9-15/h2-7,10-11H,8-9,15H2,1H3. The highest BCUT2D eigenvalue weighted by Crippen LogP contribution is 2.25. The van der Waals surface area contributed by atoms with Crippen LogP contribution in [0, 0.1) is 0 Å². The molecule has 90 valence electrons. The lowest BCUT2D eigenvalue weighted by molar-refractivity contribution is 0.231. The van der Waals surface area contributed by atoms with Crippen molar-refractivity contribution in [2.45, 2.75) is 19.4 Å². The van der Waals surface area contributed by atoms with Gasteiger partial charge in [-0.25, -0.2) is 0 Å². The monoisotopic (exact) mass is 247 g/mol. The predicted octanol–water partition coefficient (Wildman–Crippen LogP) is 3.39. The molecule has 0 aliphatic rings. The zero-order valence-electron chi connectivity index (χ0n) is 9.93. The van der Waals surface area contributed by atoms with Gasteiger partial charge in [0.25, 0.3) is 0 Å². The van der Waals surface area contributed by atoms with Crippen molar-refractivity contribution < 1.29 is 4.74 Å². The molecule has 0 aliphatic heterocycles. The summed E-state index contributed by atoms with van der Waals surface area (Å²) in [4.78, 5) is 1.25. The normalized spacial score (nSPS) is 12.4. The first-order valence-electron chi connectivity index (χ1n) is 5.78. The molecule has 0 saturated carbocycles. The van der Waals surface area contributed by atoms with E-state index in [0.29, 0.717) is 6.54 Å². The van der Waals surface area contributed by atoms with Crippen molar-refractivity contribution in [3.63, 3.8) is 0 Å². The molecule has 1 unspecified atom stereocenters. The van der Waals surface area contributed by atoms with Gasteiger partial charge in [-0.1, -0.05) is 18.2 Å². The minimum absolute atomic E-state index is 0.107. The molecule has 0 aliphatic carbocycles. The zero-order chi connectivity index (χ0) is 12.1. The highest BCUT2D eigenvalue weighted by atomic mass is 32.1. The van der Waals surface area contributed by atoms with Crippen molar-refractivity contribution in [2.75, 3.05) is 6.54 Å². The van der Waals surface area contributed by atoms with Crippen LogP contribution in [0.1, 0.15) is 23.5 Å². The molecular formula is C14H17NOS. The topological polar surface area (TPSA) is 35.2 Å². The molecule has 0 bridgehead atoms. The number of benzene rings is 1. The lowest BCUT2D eigenvalue weighted by Crippen LogP contribution is -2.03. The summed E-state index contributed by atoms with van der Waals surface area (Å²) in [7, 11) is 0. The Hall–Kier alpha value is -1.32. The van der Waals surface area contributed by atoms with Gasteiger partial charge in [0.1, 0.15) is 11.9 Å². The summed E-state index contributed by atoms with van der Waals surface area (Å²) in [5, 5.41) is 2.07. The SMILES string of the molecule is CC(Oc1ccc(CCN)cc1)c1cccs1. The molecule has 0 spiro atoms. The highest BCUT2D eigenvalue weighted by Gasteiger charge is 2.07. The molecule has 2 aromatic rings. The van der Waals surface area contributed by atoms with Gasteiger partial charge in [-0.3, -0.25) is 0 Å². The highest BCUT2D eigenvalue weighted by molar-refractivity contribution is 7.10. The smallest absolute Gasteiger partial charge is 0.130 e. The van der Waals surface area contributed by atoms with Gasteiger partial charge in [0.2, 0.25) is 0 Å². The van der Waals surface area contributed by atoms with Crippen molar-refractivity contribution in [3.05, 3.63) is 52.2 Å². The van der Waals surface area contributed by atoms with Crippen LogP contribution in [0.25, 0.3) is 0 Å². The maximum Gasteiger partial charge on any atom is 0.130 e. The Labute approximate surface area is 106 Å². The minimum atomic E-state index is 0.107. The first-order chi connectivity index (χ1) is 8.29. The maximum absolute atomic E-state index is 5.87. The molecule has 1 atom stereocenters. The largest absolute Gasteiger partial charge is 0.485 e. The molecule has 2 nitrogen and oxygen atoms in total. The second-order valence-corrected chi connectivity index (χ2v) is 4.94. The van der Waals surface area contributed by atoms with Gasteiger partial charge >= 0.3 is 0 Å². The first kappa shape index (κ1) is 12.1. The Morgan fingerprint density at radius 1 is 1.24 bits per heavy atom. The molecule has 2 N–H and O–H groups in total. The minimum Gasteiger partial charge on any atom is -0.485 e. The van der Waals surface area contributed by atoms with E-state index in [1.54, 1.807) is 11.3 Å². The third-order valence-electron chi connectivity index (χ3n) is 2.61. The summed E-state index contributed by atoms with van der Waals surface area (Å²) in [5.41, 5.74) is 6.77. The first-order valence-corrected chi connectivity index (χ1v) is 6.66.